The lowest BCUT2D eigenvalue weighted by Crippen LogP contribution is -2.38. The summed E-state index contributed by atoms with van der Waals surface area (Å²) in [5.41, 5.74) is 1.87. The fourth-order valence-electron chi connectivity index (χ4n) is 3.12. The minimum atomic E-state index is -0.257. The van der Waals surface area contributed by atoms with Gasteiger partial charge in [0.05, 0.1) is 21.3 Å². The smallest absolute Gasteiger partial charge is 0.289 e. The Morgan fingerprint density at radius 2 is 2.00 bits per heavy atom. The van der Waals surface area contributed by atoms with E-state index in [1.54, 1.807) is 36.0 Å². The molecule has 1 N–H and O–H groups in total. The average molecular weight is 381 g/mol. The first-order valence-electron chi connectivity index (χ1n) is 8.70. The molecule has 0 bridgehead atoms. The summed E-state index contributed by atoms with van der Waals surface area (Å²) in [5, 5.41) is 4.01. The first-order valence-corrected chi connectivity index (χ1v) is 9.52. The van der Waals surface area contributed by atoms with Gasteiger partial charge in [0.25, 0.3) is 5.91 Å². The van der Waals surface area contributed by atoms with Crippen LogP contribution in [0.4, 0.5) is 5.95 Å². The third-order valence-corrected chi connectivity index (χ3v) is 5.45. The number of nitrogens with zero attached hydrogens (tertiary/aromatic N) is 6. The van der Waals surface area contributed by atoms with Gasteiger partial charge >= 0.3 is 0 Å². The quantitative estimate of drug-likeness (QED) is 0.738. The SMILES string of the molecule is Cc1nc(C)c(-c2ccnc(N3CCC(NC(=O)c4ncccn4)C3)n2)s1. The summed E-state index contributed by atoms with van der Waals surface area (Å²) in [6, 6.07) is 3.61. The third-order valence-electron chi connectivity index (χ3n) is 4.35. The molecule has 1 aliphatic rings. The summed E-state index contributed by atoms with van der Waals surface area (Å²) >= 11 is 1.63. The highest BCUT2D eigenvalue weighted by Gasteiger charge is 2.27. The molecule has 0 aromatic carbocycles. The van der Waals surface area contributed by atoms with Crippen molar-refractivity contribution in [1.82, 2.24) is 30.2 Å². The summed E-state index contributed by atoms with van der Waals surface area (Å²) in [4.78, 5) is 37.0. The zero-order valence-corrected chi connectivity index (χ0v) is 15.9. The Hall–Kier alpha value is -2.94. The average Bonchev–Trinajstić information content (AvgIpc) is 3.28. The van der Waals surface area contributed by atoms with E-state index in [9.17, 15) is 4.79 Å². The van der Waals surface area contributed by atoms with E-state index in [1.807, 2.05) is 19.9 Å². The minimum Gasteiger partial charge on any atom is -0.345 e. The zero-order chi connectivity index (χ0) is 18.8. The normalized spacial score (nSPS) is 16.5. The van der Waals surface area contributed by atoms with Crippen molar-refractivity contribution in [2.75, 3.05) is 18.0 Å². The maximum absolute atomic E-state index is 12.2. The summed E-state index contributed by atoms with van der Waals surface area (Å²) in [5.74, 6) is 0.601. The largest absolute Gasteiger partial charge is 0.345 e. The number of hydrogen-bond acceptors (Lipinski definition) is 8. The van der Waals surface area contributed by atoms with Crippen LogP contribution in [0.5, 0.6) is 0 Å². The minimum absolute atomic E-state index is 0.0148. The van der Waals surface area contributed by atoms with Crippen molar-refractivity contribution < 1.29 is 4.79 Å². The predicted molar refractivity (Wildman–Crippen MR) is 103 cm³/mol. The van der Waals surface area contributed by atoms with Crippen molar-refractivity contribution in [3.8, 4) is 10.6 Å². The van der Waals surface area contributed by atoms with Gasteiger partial charge in [-0.3, -0.25) is 4.79 Å². The van der Waals surface area contributed by atoms with Crippen LogP contribution in [0.15, 0.2) is 30.7 Å². The van der Waals surface area contributed by atoms with Gasteiger partial charge in [0.1, 0.15) is 0 Å². The Morgan fingerprint density at radius 3 is 2.74 bits per heavy atom. The molecule has 0 saturated carbocycles. The molecule has 27 heavy (non-hydrogen) atoms. The Morgan fingerprint density at radius 1 is 1.19 bits per heavy atom. The lowest BCUT2D eigenvalue weighted by molar-refractivity contribution is 0.0929. The van der Waals surface area contributed by atoms with Gasteiger partial charge in [-0.05, 0) is 32.4 Å². The summed E-state index contributed by atoms with van der Waals surface area (Å²) in [6.07, 6.45) is 5.72. The molecule has 3 aromatic heterocycles. The molecule has 0 radical (unpaired) electrons. The van der Waals surface area contributed by atoms with E-state index in [0.29, 0.717) is 12.5 Å². The topological polar surface area (TPSA) is 96.8 Å². The van der Waals surface area contributed by atoms with Gasteiger partial charge in [-0.25, -0.2) is 24.9 Å². The van der Waals surface area contributed by atoms with Crippen molar-refractivity contribution in [3.63, 3.8) is 0 Å². The molecule has 8 nitrogen and oxygen atoms in total. The molecule has 4 heterocycles. The lowest BCUT2D eigenvalue weighted by Gasteiger charge is -2.17. The lowest BCUT2D eigenvalue weighted by atomic mass is 10.2. The first-order chi connectivity index (χ1) is 13.1. The molecule has 0 aliphatic carbocycles. The highest BCUT2D eigenvalue weighted by molar-refractivity contribution is 7.15. The molecule has 1 atom stereocenters. The third kappa shape index (κ3) is 3.77. The van der Waals surface area contributed by atoms with Gasteiger partial charge in [0.15, 0.2) is 0 Å². The van der Waals surface area contributed by atoms with E-state index in [1.165, 1.54) is 0 Å². The molecular weight excluding hydrogens is 362 g/mol. The number of anilines is 1. The van der Waals surface area contributed by atoms with Crippen molar-refractivity contribution in [1.29, 1.82) is 0 Å². The Balaban J connectivity index is 1.45. The van der Waals surface area contributed by atoms with E-state index < -0.39 is 0 Å². The van der Waals surface area contributed by atoms with Crippen molar-refractivity contribution in [2.24, 2.45) is 0 Å². The van der Waals surface area contributed by atoms with E-state index in [0.717, 1.165) is 34.2 Å². The van der Waals surface area contributed by atoms with Crippen molar-refractivity contribution in [3.05, 3.63) is 47.2 Å². The number of thiazole rings is 1. The fraction of sp³-hybridized carbons (Fsp3) is 0.333. The first kappa shape index (κ1) is 17.5. The molecule has 9 heteroatoms. The van der Waals surface area contributed by atoms with E-state index >= 15 is 0 Å². The van der Waals surface area contributed by atoms with Gasteiger partial charge in [-0.15, -0.1) is 11.3 Å². The molecule has 138 valence electrons. The van der Waals surface area contributed by atoms with Crippen LogP contribution in [-0.4, -0.2) is 50.0 Å². The van der Waals surface area contributed by atoms with Crippen LogP contribution in [0.3, 0.4) is 0 Å². The number of carbonyl (C=O) groups is 1. The van der Waals surface area contributed by atoms with Gasteiger partial charge in [-0.1, -0.05) is 0 Å². The second-order valence-corrected chi connectivity index (χ2v) is 7.57. The number of nitrogens with one attached hydrogen (secondary N) is 1. The van der Waals surface area contributed by atoms with Gasteiger partial charge in [-0.2, -0.15) is 0 Å². The monoisotopic (exact) mass is 381 g/mol. The summed E-state index contributed by atoms with van der Waals surface area (Å²) in [7, 11) is 0. The molecule has 3 aromatic rings. The second-order valence-electron chi connectivity index (χ2n) is 6.37. The predicted octanol–water partition coefficient (Wildman–Crippen LogP) is 2.02. The number of aromatic nitrogens is 5. The number of aryl methyl sites for hydroxylation is 2. The summed E-state index contributed by atoms with van der Waals surface area (Å²) in [6.45, 7) is 5.43. The molecule has 0 spiro atoms. The highest BCUT2D eigenvalue weighted by Crippen LogP contribution is 2.29. The van der Waals surface area contributed by atoms with E-state index in [4.69, 9.17) is 4.98 Å². The molecule has 1 saturated heterocycles. The maximum Gasteiger partial charge on any atom is 0.289 e. The number of amides is 1. The molecule has 4 rings (SSSR count). The fourth-order valence-corrected chi connectivity index (χ4v) is 4.01. The zero-order valence-electron chi connectivity index (χ0n) is 15.1. The van der Waals surface area contributed by atoms with Crippen molar-refractivity contribution in [2.45, 2.75) is 26.3 Å². The van der Waals surface area contributed by atoms with Gasteiger partial charge < -0.3 is 10.2 Å². The van der Waals surface area contributed by atoms with Crippen LogP contribution in [0.25, 0.3) is 10.6 Å². The van der Waals surface area contributed by atoms with Crippen molar-refractivity contribution >= 4 is 23.2 Å². The van der Waals surface area contributed by atoms with Gasteiger partial charge in [0.2, 0.25) is 11.8 Å². The van der Waals surface area contributed by atoms with E-state index in [-0.39, 0.29) is 17.8 Å². The Labute approximate surface area is 160 Å². The van der Waals surface area contributed by atoms with Crippen LogP contribution in [0.1, 0.15) is 27.7 Å². The Kier molecular flexibility index (Phi) is 4.76. The van der Waals surface area contributed by atoms with Crippen LogP contribution in [0.2, 0.25) is 0 Å². The molecule has 1 aliphatic heterocycles. The number of hydrogen-bond donors (Lipinski definition) is 1. The Bertz CT molecular complexity index is 959. The molecule has 1 amide bonds. The molecular formula is C18H19N7OS. The van der Waals surface area contributed by atoms with E-state index in [2.05, 4.69) is 30.2 Å². The molecule has 1 unspecified atom stereocenters. The number of carbonyl (C=O) groups excluding carboxylic acids is 1. The van der Waals surface area contributed by atoms with Crippen LogP contribution in [0, 0.1) is 13.8 Å². The summed E-state index contributed by atoms with van der Waals surface area (Å²) < 4.78 is 0. The highest BCUT2D eigenvalue weighted by atomic mass is 32.1. The van der Waals surface area contributed by atoms with Crippen LogP contribution < -0.4 is 10.2 Å². The van der Waals surface area contributed by atoms with Crippen LogP contribution in [-0.2, 0) is 0 Å². The standard InChI is InChI=1S/C18H19N7OS/c1-11-15(27-12(2)22-11)14-4-8-21-18(24-14)25-9-5-13(10-25)23-17(26)16-19-6-3-7-20-16/h3-4,6-8,13H,5,9-10H2,1-2H3,(H,23,26). The maximum atomic E-state index is 12.2. The second kappa shape index (κ2) is 7.36. The van der Waals surface area contributed by atoms with Gasteiger partial charge in [0, 0.05) is 37.7 Å². The number of rotatable bonds is 4. The molecule has 1 fully saturated rings. The van der Waals surface area contributed by atoms with Crippen LogP contribution >= 0.6 is 11.3 Å².